The van der Waals surface area contributed by atoms with Crippen LogP contribution in [0.4, 0.5) is 0 Å². The highest BCUT2D eigenvalue weighted by molar-refractivity contribution is 5.83. The lowest BCUT2D eigenvalue weighted by molar-refractivity contribution is 0.353. The van der Waals surface area contributed by atoms with E-state index in [1.807, 2.05) is 0 Å². The maximum absolute atomic E-state index is 5.64. The molecule has 0 fully saturated rings. The molecule has 0 aliphatic rings. The first-order valence-corrected chi connectivity index (χ1v) is 7.28. The summed E-state index contributed by atoms with van der Waals surface area (Å²) >= 11 is 0. The number of rotatable bonds is 5. The summed E-state index contributed by atoms with van der Waals surface area (Å²) in [6.45, 7) is 8.75. The highest BCUT2D eigenvalue weighted by Gasteiger charge is 2.12. The Morgan fingerprint density at radius 2 is 1.89 bits per heavy atom. The van der Waals surface area contributed by atoms with Gasteiger partial charge in [-0.2, -0.15) is 0 Å². The van der Waals surface area contributed by atoms with Gasteiger partial charge in [0.15, 0.2) is 0 Å². The SMILES string of the molecule is CC(C)(C)CCn1cc(CCCN)c2ccccc21. The molecule has 0 bridgehead atoms. The van der Waals surface area contributed by atoms with Crippen LogP contribution in [-0.2, 0) is 13.0 Å². The van der Waals surface area contributed by atoms with Crippen LogP contribution < -0.4 is 5.73 Å². The fourth-order valence-electron chi connectivity index (χ4n) is 2.46. The minimum atomic E-state index is 0.378. The number of aryl methyl sites for hydroxylation is 2. The highest BCUT2D eigenvalue weighted by atomic mass is 15.0. The fourth-order valence-corrected chi connectivity index (χ4v) is 2.46. The average Bonchev–Trinajstić information content (AvgIpc) is 2.72. The van der Waals surface area contributed by atoms with E-state index in [4.69, 9.17) is 5.73 Å². The molecule has 2 nitrogen and oxygen atoms in total. The molecule has 1 heterocycles. The molecule has 104 valence electrons. The van der Waals surface area contributed by atoms with Crippen LogP contribution in [0.2, 0.25) is 0 Å². The van der Waals surface area contributed by atoms with Crippen molar-refractivity contribution in [1.82, 2.24) is 4.57 Å². The van der Waals surface area contributed by atoms with Gasteiger partial charge in [0.05, 0.1) is 0 Å². The van der Waals surface area contributed by atoms with Crippen LogP contribution in [0, 0.1) is 5.41 Å². The molecule has 0 unspecified atom stereocenters. The van der Waals surface area contributed by atoms with Gasteiger partial charge in [0.25, 0.3) is 0 Å². The minimum Gasteiger partial charge on any atom is -0.347 e. The zero-order valence-electron chi connectivity index (χ0n) is 12.4. The van der Waals surface area contributed by atoms with Crippen molar-refractivity contribution in [3.63, 3.8) is 0 Å². The van der Waals surface area contributed by atoms with Gasteiger partial charge in [0.1, 0.15) is 0 Å². The Hall–Kier alpha value is -1.28. The summed E-state index contributed by atoms with van der Waals surface area (Å²) in [5.41, 5.74) is 8.81. The van der Waals surface area contributed by atoms with Gasteiger partial charge in [-0.1, -0.05) is 39.0 Å². The predicted molar refractivity (Wildman–Crippen MR) is 83.4 cm³/mol. The van der Waals surface area contributed by atoms with Crippen molar-refractivity contribution >= 4 is 10.9 Å². The Morgan fingerprint density at radius 1 is 1.16 bits per heavy atom. The molecular weight excluding hydrogens is 232 g/mol. The molecule has 2 rings (SSSR count). The molecule has 1 aromatic carbocycles. The molecule has 0 radical (unpaired) electrons. The molecule has 0 aliphatic carbocycles. The van der Waals surface area contributed by atoms with Crippen LogP contribution in [-0.4, -0.2) is 11.1 Å². The maximum Gasteiger partial charge on any atom is 0.0483 e. The number of fused-ring (bicyclic) bond motifs is 1. The Morgan fingerprint density at radius 3 is 2.58 bits per heavy atom. The molecule has 0 amide bonds. The topological polar surface area (TPSA) is 30.9 Å². The molecule has 2 aromatic rings. The number of nitrogens with zero attached hydrogens (tertiary/aromatic N) is 1. The van der Waals surface area contributed by atoms with Crippen LogP contribution in [0.5, 0.6) is 0 Å². The van der Waals surface area contributed by atoms with Gasteiger partial charge < -0.3 is 10.3 Å². The van der Waals surface area contributed by atoms with E-state index in [1.54, 1.807) is 0 Å². The third kappa shape index (κ3) is 3.60. The summed E-state index contributed by atoms with van der Waals surface area (Å²) in [4.78, 5) is 0. The number of nitrogens with two attached hydrogens (primary N) is 1. The van der Waals surface area contributed by atoms with Gasteiger partial charge in [0, 0.05) is 23.6 Å². The van der Waals surface area contributed by atoms with Crippen molar-refractivity contribution in [2.75, 3.05) is 6.54 Å². The molecule has 0 atom stereocenters. The van der Waals surface area contributed by atoms with Crippen molar-refractivity contribution in [2.45, 2.75) is 46.6 Å². The van der Waals surface area contributed by atoms with Crippen LogP contribution in [0.3, 0.4) is 0 Å². The smallest absolute Gasteiger partial charge is 0.0483 e. The largest absolute Gasteiger partial charge is 0.347 e. The van der Waals surface area contributed by atoms with E-state index < -0.39 is 0 Å². The summed E-state index contributed by atoms with van der Waals surface area (Å²) in [5, 5.41) is 1.39. The van der Waals surface area contributed by atoms with Gasteiger partial charge in [-0.15, -0.1) is 0 Å². The van der Waals surface area contributed by atoms with Gasteiger partial charge in [-0.05, 0) is 42.9 Å². The van der Waals surface area contributed by atoms with Crippen LogP contribution >= 0.6 is 0 Å². The fraction of sp³-hybridized carbons (Fsp3) is 0.529. The van der Waals surface area contributed by atoms with E-state index in [0.29, 0.717) is 5.41 Å². The van der Waals surface area contributed by atoms with Gasteiger partial charge in [0.2, 0.25) is 0 Å². The first-order chi connectivity index (χ1) is 9.01. The van der Waals surface area contributed by atoms with Gasteiger partial charge >= 0.3 is 0 Å². The summed E-state index contributed by atoms with van der Waals surface area (Å²) < 4.78 is 2.41. The van der Waals surface area contributed by atoms with E-state index in [1.165, 1.54) is 22.9 Å². The third-order valence-electron chi connectivity index (χ3n) is 3.62. The van der Waals surface area contributed by atoms with E-state index in [9.17, 15) is 0 Å². The summed E-state index contributed by atoms with van der Waals surface area (Å²) in [6, 6.07) is 8.71. The third-order valence-corrected chi connectivity index (χ3v) is 3.62. The molecule has 1 aromatic heterocycles. The number of para-hydroxylation sites is 1. The first-order valence-electron chi connectivity index (χ1n) is 7.28. The standard InChI is InChI=1S/C17H26N2/c1-17(2,3)10-12-19-13-14(7-6-11-18)15-8-4-5-9-16(15)19/h4-5,8-9,13H,6-7,10-12,18H2,1-3H3. The molecular formula is C17H26N2. The van der Waals surface area contributed by atoms with Crippen LogP contribution in [0.25, 0.3) is 10.9 Å². The van der Waals surface area contributed by atoms with E-state index in [-0.39, 0.29) is 0 Å². The zero-order valence-corrected chi connectivity index (χ0v) is 12.4. The summed E-state index contributed by atoms with van der Waals surface area (Å²) in [7, 11) is 0. The minimum absolute atomic E-state index is 0.378. The molecule has 2 N–H and O–H groups in total. The predicted octanol–water partition coefficient (Wildman–Crippen LogP) is 3.97. The van der Waals surface area contributed by atoms with Crippen LogP contribution in [0.15, 0.2) is 30.5 Å². The van der Waals surface area contributed by atoms with Crippen molar-refractivity contribution in [3.8, 4) is 0 Å². The molecule has 0 aliphatic heterocycles. The quantitative estimate of drug-likeness (QED) is 0.864. The van der Waals surface area contributed by atoms with Crippen molar-refractivity contribution < 1.29 is 0 Å². The van der Waals surface area contributed by atoms with Crippen molar-refractivity contribution in [2.24, 2.45) is 11.1 Å². The van der Waals surface area contributed by atoms with E-state index in [2.05, 4.69) is 55.8 Å². The Balaban J connectivity index is 2.28. The van der Waals surface area contributed by atoms with Gasteiger partial charge in [-0.25, -0.2) is 0 Å². The summed E-state index contributed by atoms with van der Waals surface area (Å²) in [6.07, 6.45) is 5.67. The lowest BCUT2D eigenvalue weighted by atomic mass is 9.92. The number of hydrogen-bond donors (Lipinski definition) is 1. The first kappa shape index (κ1) is 14.1. The normalized spacial score (nSPS) is 12.2. The molecule has 2 heteroatoms. The Kier molecular flexibility index (Phi) is 4.31. The van der Waals surface area contributed by atoms with Gasteiger partial charge in [-0.3, -0.25) is 0 Å². The average molecular weight is 258 g/mol. The number of aromatic nitrogens is 1. The zero-order chi connectivity index (χ0) is 13.9. The lowest BCUT2D eigenvalue weighted by Gasteiger charge is -2.18. The monoisotopic (exact) mass is 258 g/mol. The van der Waals surface area contributed by atoms with E-state index in [0.717, 1.165) is 25.9 Å². The molecule has 0 saturated carbocycles. The van der Waals surface area contributed by atoms with Crippen molar-refractivity contribution in [3.05, 3.63) is 36.0 Å². The van der Waals surface area contributed by atoms with E-state index >= 15 is 0 Å². The van der Waals surface area contributed by atoms with Crippen molar-refractivity contribution in [1.29, 1.82) is 0 Å². The maximum atomic E-state index is 5.64. The summed E-state index contributed by atoms with van der Waals surface area (Å²) in [5.74, 6) is 0. The number of hydrogen-bond acceptors (Lipinski definition) is 1. The molecule has 0 spiro atoms. The second-order valence-electron chi connectivity index (χ2n) is 6.57. The second-order valence-corrected chi connectivity index (χ2v) is 6.57. The second kappa shape index (κ2) is 5.79. The highest BCUT2D eigenvalue weighted by Crippen LogP contribution is 2.25. The lowest BCUT2D eigenvalue weighted by Crippen LogP contribution is -2.09. The Labute approximate surface area is 116 Å². The Bertz CT molecular complexity index is 532. The molecule has 0 saturated heterocycles. The number of benzene rings is 1. The molecule has 19 heavy (non-hydrogen) atoms. The van der Waals surface area contributed by atoms with Crippen LogP contribution in [0.1, 0.15) is 39.2 Å².